The second-order valence-electron chi connectivity index (χ2n) is 5.77. The molecule has 0 spiro atoms. The Kier molecular flexibility index (Phi) is 5.13. The molecule has 1 saturated heterocycles. The molecule has 3 rings (SSSR count). The summed E-state index contributed by atoms with van der Waals surface area (Å²) in [5.41, 5.74) is 4.32. The quantitative estimate of drug-likeness (QED) is 0.644. The summed E-state index contributed by atoms with van der Waals surface area (Å²) in [6.45, 7) is 0.876. The van der Waals surface area contributed by atoms with E-state index in [1.807, 2.05) is 36.4 Å². The molecule has 0 atom stereocenters. The first-order valence-corrected chi connectivity index (χ1v) is 8.14. The van der Waals surface area contributed by atoms with Gasteiger partial charge in [0.05, 0.1) is 0 Å². The van der Waals surface area contributed by atoms with E-state index >= 15 is 0 Å². The number of hydrogen-bond acceptors (Lipinski definition) is 4. The predicted octanol–water partition coefficient (Wildman–Crippen LogP) is 0.988. The molecule has 1 fully saturated rings. The van der Waals surface area contributed by atoms with Crippen LogP contribution in [0.25, 0.3) is 10.8 Å². The van der Waals surface area contributed by atoms with Gasteiger partial charge >= 0.3 is 11.8 Å². The van der Waals surface area contributed by atoms with Crippen molar-refractivity contribution >= 4 is 28.5 Å². The third-order valence-electron chi connectivity index (χ3n) is 4.01. The fourth-order valence-corrected chi connectivity index (χ4v) is 2.74. The average Bonchev–Trinajstić information content (AvgIpc) is 3.18. The van der Waals surface area contributed by atoms with Gasteiger partial charge in [0.15, 0.2) is 6.61 Å². The molecular weight excluding hydrogens is 322 g/mol. The second kappa shape index (κ2) is 7.65. The molecule has 1 aliphatic rings. The molecule has 1 heterocycles. The van der Waals surface area contributed by atoms with Crippen molar-refractivity contribution in [1.29, 1.82) is 0 Å². The normalized spacial score (nSPS) is 13.5. The Bertz CT molecular complexity index is 795. The summed E-state index contributed by atoms with van der Waals surface area (Å²) in [5.74, 6) is -1.45. The van der Waals surface area contributed by atoms with Crippen molar-refractivity contribution in [3.8, 4) is 5.75 Å². The van der Waals surface area contributed by atoms with Crippen molar-refractivity contribution < 1.29 is 19.1 Å². The minimum Gasteiger partial charge on any atom is -0.483 e. The van der Waals surface area contributed by atoms with Crippen LogP contribution in [0.3, 0.4) is 0 Å². The number of nitrogens with one attached hydrogen (secondary N) is 2. The number of ether oxygens (including phenoxy) is 1. The van der Waals surface area contributed by atoms with E-state index in [4.69, 9.17) is 4.74 Å². The highest BCUT2D eigenvalue weighted by Gasteiger charge is 2.24. The van der Waals surface area contributed by atoms with E-state index in [0.29, 0.717) is 18.8 Å². The number of carbonyl (C=O) groups excluding carboxylic acids is 3. The van der Waals surface area contributed by atoms with Crippen molar-refractivity contribution in [2.75, 3.05) is 19.7 Å². The Labute approximate surface area is 144 Å². The van der Waals surface area contributed by atoms with E-state index in [1.54, 1.807) is 6.07 Å². The van der Waals surface area contributed by atoms with Crippen LogP contribution < -0.4 is 15.6 Å². The number of nitrogens with zero attached hydrogens (tertiary/aromatic N) is 1. The van der Waals surface area contributed by atoms with Gasteiger partial charge in [0.25, 0.3) is 5.91 Å². The van der Waals surface area contributed by atoms with E-state index in [1.165, 1.54) is 4.90 Å². The number of rotatable bonds is 3. The average molecular weight is 341 g/mol. The van der Waals surface area contributed by atoms with Gasteiger partial charge in [0.2, 0.25) is 0 Å². The summed E-state index contributed by atoms with van der Waals surface area (Å²) < 4.78 is 5.51. The lowest BCUT2D eigenvalue weighted by molar-refractivity contribution is -0.146. The number of hydrogen-bond donors (Lipinski definition) is 2. The third kappa shape index (κ3) is 4.06. The molecule has 2 aromatic carbocycles. The Morgan fingerprint density at radius 3 is 2.48 bits per heavy atom. The Morgan fingerprint density at radius 2 is 1.68 bits per heavy atom. The highest BCUT2D eigenvalue weighted by Crippen LogP contribution is 2.24. The van der Waals surface area contributed by atoms with Crippen molar-refractivity contribution in [2.45, 2.75) is 12.8 Å². The SMILES string of the molecule is O=C(COc1cccc2ccccc12)NNC(=O)C(=O)N1CCCC1. The van der Waals surface area contributed by atoms with Gasteiger partial charge < -0.3 is 9.64 Å². The van der Waals surface area contributed by atoms with Gasteiger partial charge in [-0.05, 0) is 24.3 Å². The van der Waals surface area contributed by atoms with Crippen molar-refractivity contribution in [1.82, 2.24) is 15.8 Å². The highest BCUT2D eigenvalue weighted by molar-refractivity contribution is 6.35. The van der Waals surface area contributed by atoms with Crippen LogP contribution in [0.1, 0.15) is 12.8 Å². The van der Waals surface area contributed by atoms with Gasteiger partial charge in [-0.1, -0.05) is 36.4 Å². The lowest BCUT2D eigenvalue weighted by atomic mass is 10.1. The summed E-state index contributed by atoms with van der Waals surface area (Å²) in [6.07, 6.45) is 1.79. The summed E-state index contributed by atoms with van der Waals surface area (Å²) in [5, 5.41) is 1.90. The molecule has 3 amide bonds. The predicted molar refractivity (Wildman–Crippen MR) is 91.5 cm³/mol. The molecule has 130 valence electrons. The largest absolute Gasteiger partial charge is 0.483 e. The Balaban J connectivity index is 1.49. The van der Waals surface area contributed by atoms with Crippen LogP contribution in [-0.2, 0) is 14.4 Å². The second-order valence-corrected chi connectivity index (χ2v) is 5.77. The zero-order valence-electron chi connectivity index (χ0n) is 13.7. The zero-order valence-corrected chi connectivity index (χ0v) is 13.7. The van der Waals surface area contributed by atoms with E-state index in [0.717, 1.165) is 23.6 Å². The molecule has 0 aliphatic carbocycles. The van der Waals surface area contributed by atoms with Crippen LogP contribution in [0.2, 0.25) is 0 Å². The van der Waals surface area contributed by atoms with Crippen LogP contribution in [-0.4, -0.2) is 42.3 Å². The van der Waals surface area contributed by atoms with Gasteiger partial charge in [0, 0.05) is 18.5 Å². The Hall–Kier alpha value is -3.09. The monoisotopic (exact) mass is 341 g/mol. The topological polar surface area (TPSA) is 87.7 Å². The minimum absolute atomic E-state index is 0.272. The van der Waals surface area contributed by atoms with Gasteiger partial charge in [0.1, 0.15) is 5.75 Å². The molecule has 7 heteroatoms. The number of hydrazine groups is 1. The molecule has 0 saturated carbocycles. The molecule has 2 N–H and O–H groups in total. The smallest absolute Gasteiger partial charge is 0.327 e. The van der Waals surface area contributed by atoms with Crippen molar-refractivity contribution in [2.24, 2.45) is 0 Å². The van der Waals surface area contributed by atoms with E-state index in [-0.39, 0.29) is 6.61 Å². The first-order chi connectivity index (χ1) is 12.1. The van der Waals surface area contributed by atoms with E-state index < -0.39 is 17.7 Å². The number of fused-ring (bicyclic) bond motifs is 1. The van der Waals surface area contributed by atoms with Crippen LogP contribution in [0.5, 0.6) is 5.75 Å². The lowest BCUT2D eigenvalue weighted by Gasteiger charge is -2.15. The zero-order chi connectivity index (χ0) is 17.6. The van der Waals surface area contributed by atoms with Gasteiger partial charge in [-0.2, -0.15) is 0 Å². The lowest BCUT2D eigenvalue weighted by Crippen LogP contribution is -2.50. The highest BCUT2D eigenvalue weighted by atomic mass is 16.5. The van der Waals surface area contributed by atoms with E-state index in [2.05, 4.69) is 10.9 Å². The first kappa shape index (κ1) is 16.8. The molecule has 25 heavy (non-hydrogen) atoms. The summed E-state index contributed by atoms with van der Waals surface area (Å²) >= 11 is 0. The summed E-state index contributed by atoms with van der Waals surface area (Å²) in [4.78, 5) is 36.8. The molecular formula is C18H19N3O4. The van der Waals surface area contributed by atoms with Crippen LogP contribution >= 0.6 is 0 Å². The molecule has 7 nitrogen and oxygen atoms in total. The molecule has 0 radical (unpaired) electrons. The number of amides is 3. The summed E-state index contributed by atoms with van der Waals surface area (Å²) in [6, 6.07) is 13.2. The molecule has 2 aromatic rings. The standard InChI is InChI=1S/C18H19N3O4/c22-16(19-20-17(23)18(24)21-10-3-4-11-21)12-25-15-9-5-7-13-6-1-2-8-14(13)15/h1-2,5-9H,3-4,10-12H2,(H,19,22)(H,20,23). The maximum Gasteiger partial charge on any atom is 0.327 e. The maximum absolute atomic E-state index is 11.8. The number of likely N-dealkylation sites (tertiary alicyclic amines) is 1. The van der Waals surface area contributed by atoms with Gasteiger partial charge in [-0.25, -0.2) is 0 Å². The fourth-order valence-electron chi connectivity index (χ4n) is 2.74. The molecule has 0 unspecified atom stereocenters. The number of carbonyl (C=O) groups is 3. The van der Waals surface area contributed by atoms with Crippen LogP contribution in [0, 0.1) is 0 Å². The van der Waals surface area contributed by atoms with Crippen molar-refractivity contribution in [3.05, 3.63) is 42.5 Å². The van der Waals surface area contributed by atoms with Gasteiger partial charge in [-0.3, -0.25) is 25.2 Å². The van der Waals surface area contributed by atoms with Crippen LogP contribution in [0.15, 0.2) is 42.5 Å². The minimum atomic E-state index is -0.847. The van der Waals surface area contributed by atoms with Crippen molar-refractivity contribution in [3.63, 3.8) is 0 Å². The first-order valence-electron chi connectivity index (χ1n) is 8.14. The maximum atomic E-state index is 11.8. The Morgan fingerprint density at radius 1 is 0.960 bits per heavy atom. The fraction of sp³-hybridized carbons (Fsp3) is 0.278. The molecule has 0 aromatic heterocycles. The third-order valence-corrected chi connectivity index (χ3v) is 4.01. The molecule has 0 bridgehead atoms. The summed E-state index contributed by atoms with van der Waals surface area (Å²) in [7, 11) is 0. The molecule has 1 aliphatic heterocycles. The number of benzene rings is 2. The van der Waals surface area contributed by atoms with E-state index in [9.17, 15) is 14.4 Å². The van der Waals surface area contributed by atoms with Crippen LogP contribution in [0.4, 0.5) is 0 Å². The van der Waals surface area contributed by atoms with Gasteiger partial charge in [-0.15, -0.1) is 0 Å².